The summed E-state index contributed by atoms with van der Waals surface area (Å²) in [5, 5.41) is 3.35. The zero-order valence-corrected chi connectivity index (χ0v) is 15.9. The zero-order chi connectivity index (χ0) is 18.6. The van der Waals surface area contributed by atoms with Gasteiger partial charge in [-0.05, 0) is 61.4 Å². The number of carbonyl (C=O) groups is 1. The van der Waals surface area contributed by atoms with Gasteiger partial charge >= 0.3 is 0 Å². The van der Waals surface area contributed by atoms with Crippen molar-refractivity contribution < 1.29 is 13.2 Å². The van der Waals surface area contributed by atoms with Gasteiger partial charge in [0.25, 0.3) is 5.91 Å². The lowest BCUT2D eigenvalue weighted by molar-refractivity contribution is 0.102. The molecule has 5 nitrogen and oxygen atoms in total. The molecule has 26 heavy (non-hydrogen) atoms. The molecule has 0 atom stereocenters. The monoisotopic (exact) mass is 392 g/mol. The maximum absolute atomic E-state index is 12.8. The van der Waals surface area contributed by atoms with E-state index in [4.69, 9.17) is 11.6 Å². The topological polar surface area (TPSA) is 66.5 Å². The second-order valence-electron chi connectivity index (χ2n) is 6.30. The molecule has 1 aliphatic rings. The van der Waals surface area contributed by atoms with Crippen LogP contribution in [0.4, 0.5) is 5.69 Å². The highest BCUT2D eigenvalue weighted by Gasteiger charge is 2.25. The van der Waals surface area contributed by atoms with Gasteiger partial charge in [0.1, 0.15) is 0 Å². The van der Waals surface area contributed by atoms with E-state index < -0.39 is 10.0 Å². The second-order valence-corrected chi connectivity index (χ2v) is 8.68. The number of benzene rings is 2. The molecule has 2 aromatic carbocycles. The highest BCUT2D eigenvalue weighted by atomic mass is 35.5. The lowest BCUT2D eigenvalue weighted by Gasteiger charge is -2.20. The second kappa shape index (κ2) is 8.20. The van der Waals surface area contributed by atoms with Crippen LogP contribution < -0.4 is 5.32 Å². The van der Waals surface area contributed by atoms with Crippen molar-refractivity contribution in [2.75, 3.05) is 18.4 Å². The molecule has 1 fully saturated rings. The average molecular weight is 393 g/mol. The molecule has 1 N–H and O–H groups in total. The molecule has 2 aromatic rings. The Bertz CT molecular complexity index is 857. The first-order chi connectivity index (χ1) is 12.5. The van der Waals surface area contributed by atoms with Gasteiger partial charge in [0.15, 0.2) is 0 Å². The van der Waals surface area contributed by atoms with E-state index in [2.05, 4.69) is 5.32 Å². The fraction of sp³-hybridized carbons (Fsp3) is 0.316. The Labute approximate surface area is 159 Å². The summed E-state index contributed by atoms with van der Waals surface area (Å²) in [6.45, 7) is 1.11. The van der Waals surface area contributed by atoms with Crippen LogP contribution in [0.2, 0.25) is 5.02 Å². The van der Waals surface area contributed by atoms with E-state index in [0.29, 0.717) is 29.4 Å². The summed E-state index contributed by atoms with van der Waals surface area (Å²) >= 11 is 5.83. The van der Waals surface area contributed by atoms with E-state index in [-0.39, 0.29) is 10.8 Å². The van der Waals surface area contributed by atoms with Crippen molar-refractivity contribution in [2.24, 2.45) is 0 Å². The standard InChI is InChI=1S/C19H21ClN2O3S/c20-16-7-9-17(10-8-16)21-19(23)15-5-11-18(12-6-15)26(24,25)22-13-3-1-2-4-14-22/h5-12H,1-4,13-14H2,(H,21,23). The number of amides is 1. The fourth-order valence-corrected chi connectivity index (χ4v) is 4.59. The number of nitrogens with one attached hydrogen (secondary N) is 1. The quantitative estimate of drug-likeness (QED) is 0.849. The highest BCUT2D eigenvalue weighted by molar-refractivity contribution is 7.89. The van der Waals surface area contributed by atoms with E-state index in [1.807, 2.05) is 0 Å². The van der Waals surface area contributed by atoms with Gasteiger partial charge in [0.05, 0.1) is 4.90 Å². The van der Waals surface area contributed by atoms with E-state index in [9.17, 15) is 13.2 Å². The number of nitrogens with zero attached hydrogens (tertiary/aromatic N) is 1. The van der Waals surface area contributed by atoms with Crippen molar-refractivity contribution in [3.63, 3.8) is 0 Å². The maximum atomic E-state index is 12.8. The molecular formula is C19H21ClN2O3S. The molecule has 7 heteroatoms. The Morgan fingerprint density at radius 2 is 1.46 bits per heavy atom. The Kier molecular flexibility index (Phi) is 5.96. The van der Waals surface area contributed by atoms with Crippen molar-refractivity contribution in [3.8, 4) is 0 Å². The van der Waals surface area contributed by atoms with Gasteiger partial charge in [-0.2, -0.15) is 4.31 Å². The van der Waals surface area contributed by atoms with Crippen LogP contribution >= 0.6 is 11.6 Å². The minimum atomic E-state index is -3.50. The molecule has 0 aromatic heterocycles. The number of carbonyl (C=O) groups excluding carboxylic acids is 1. The Morgan fingerprint density at radius 1 is 0.885 bits per heavy atom. The molecule has 0 radical (unpaired) electrons. The number of anilines is 1. The average Bonchev–Trinajstić information content (AvgIpc) is 2.94. The summed E-state index contributed by atoms with van der Waals surface area (Å²) in [7, 11) is -3.50. The van der Waals surface area contributed by atoms with Crippen LogP contribution in [0.1, 0.15) is 36.0 Å². The summed E-state index contributed by atoms with van der Waals surface area (Å²) in [5.74, 6) is -0.300. The lowest BCUT2D eigenvalue weighted by atomic mass is 10.2. The predicted octanol–water partition coefficient (Wildman–Crippen LogP) is 4.16. The maximum Gasteiger partial charge on any atom is 0.255 e. The number of sulfonamides is 1. The summed E-state index contributed by atoms with van der Waals surface area (Å²) in [6, 6.07) is 12.9. The minimum absolute atomic E-state index is 0.224. The Hall–Kier alpha value is -1.89. The van der Waals surface area contributed by atoms with Crippen LogP contribution in [0.15, 0.2) is 53.4 Å². The molecule has 1 aliphatic heterocycles. The molecule has 0 unspecified atom stereocenters. The van der Waals surface area contributed by atoms with E-state index in [0.717, 1.165) is 25.7 Å². The van der Waals surface area contributed by atoms with Crippen LogP contribution in [-0.2, 0) is 10.0 Å². The largest absolute Gasteiger partial charge is 0.322 e. The van der Waals surface area contributed by atoms with Crippen molar-refractivity contribution in [1.82, 2.24) is 4.31 Å². The van der Waals surface area contributed by atoms with Crippen LogP contribution in [-0.4, -0.2) is 31.7 Å². The van der Waals surface area contributed by atoms with Gasteiger partial charge in [-0.1, -0.05) is 24.4 Å². The number of hydrogen-bond donors (Lipinski definition) is 1. The van der Waals surface area contributed by atoms with Crippen molar-refractivity contribution in [3.05, 3.63) is 59.1 Å². The summed E-state index contributed by atoms with van der Waals surface area (Å²) < 4.78 is 27.1. The van der Waals surface area contributed by atoms with Crippen LogP contribution in [0.3, 0.4) is 0 Å². The lowest BCUT2D eigenvalue weighted by Crippen LogP contribution is -2.31. The van der Waals surface area contributed by atoms with Gasteiger partial charge < -0.3 is 5.32 Å². The van der Waals surface area contributed by atoms with Gasteiger partial charge in [0.2, 0.25) is 10.0 Å². The number of rotatable bonds is 4. The molecule has 1 saturated heterocycles. The van der Waals surface area contributed by atoms with Gasteiger partial charge in [-0.3, -0.25) is 4.79 Å². The fourth-order valence-electron chi connectivity index (χ4n) is 2.95. The summed E-state index contributed by atoms with van der Waals surface area (Å²) in [6.07, 6.45) is 3.91. The van der Waals surface area contributed by atoms with E-state index in [1.54, 1.807) is 28.6 Å². The molecule has 3 rings (SSSR count). The number of hydrogen-bond acceptors (Lipinski definition) is 3. The minimum Gasteiger partial charge on any atom is -0.322 e. The molecule has 0 bridgehead atoms. The van der Waals surface area contributed by atoms with E-state index in [1.165, 1.54) is 24.3 Å². The molecule has 138 valence electrons. The Morgan fingerprint density at radius 3 is 2.04 bits per heavy atom. The van der Waals surface area contributed by atoms with Gasteiger partial charge in [-0.15, -0.1) is 0 Å². The third-order valence-corrected chi connectivity index (χ3v) is 6.59. The predicted molar refractivity (Wildman–Crippen MR) is 103 cm³/mol. The SMILES string of the molecule is O=C(Nc1ccc(Cl)cc1)c1ccc(S(=O)(=O)N2CCCCCC2)cc1. The van der Waals surface area contributed by atoms with Crippen LogP contribution in [0.5, 0.6) is 0 Å². The molecule has 1 heterocycles. The molecule has 0 saturated carbocycles. The third kappa shape index (κ3) is 4.44. The first-order valence-electron chi connectivity index (χ1n) is 8.64. The molecule has 1 amide bonds. The molecular weight excluding hydrogens is 372 g/mol. The summed E-state index contributed by atoms with van der Waals surface area (Å²) in [4.78, 5) is 12.5. The van der Waals surface area contributed by atoms with Gasteiger partial charge in [-0.25, -0.2) is 8.42 Å². The summed E-state index contributed by atoms with van der Waals surface area (Å²) in [5.41, 5.74) is 1.02. The normalized spacial score (nSPS) is 16.0. The highest BCUT2D eigenvalue weighted by Crippen LogP contribution is 2.21. The first kappa shape index (κ1) is 18.9. The zero-order valence-electron chi connectivity index (χ0n) is 14.3. The van der Waals surface area contributed by atoms with Crippen LogP contribution in [0.25, 0.3) is 0 Å². The van der Waals surface area contributed by atoms with Crippen molar-refractivity contribution in [2.45, 2.75) is 30.6 Å². The van der Waals surface area contributed by atoms with Gasteiger partial charge in [0, 0.05) is 29.4 Å². The van der Waals surface area contributed by atoms with Crippen LogP contribution in [0, 0.1) is 0 Å². The molecule has 0 spiro atoms. The third-order valence-electron chi connectivity index (χ3n) is 4.42. The Balaban J connectivity index is 1.72. The molecule has 0 aliphatic carbocycles. The smallest absolute Gasteiger partial charge is 0.255 e. The first-order valence-corrected chi connectivity index (χ1v) is 10.5. The van der Waals surface area contributed by atoms with Crippen molar-refractivity contribution in [1.29, 1.82) is 0 Å². The van der Waals surface area contributed by atoms with E-state index >= 15 is 0 Å². The van der Waals surface area contributed by atoms with Crippen molar-refractivity contribution >= 4 is 33.2 Å². The number of halogens is 1.